The number of benzene rings is 1. The molecule has 32 heavy (non-hydrogen) atoms. The first kappa shape index (κ1) is 22.1. The molecule has 2 atom stereocenters. The molecule has 1 aromatic carbocycles. The largest absolute Gasteiger partial charge is 0.489 e. The van der Waals surface area contributed by atoms with E-state index in [1.165, 1.54) is 30.1 Å². The van der Waals surface area contributed by atoms with Gasteiger partial charge in [0, 0.05) is 50.0 Å². The van der Waals surface area contributed by atoms with Gasteiger partial charge >= 0.3 is 0 Å². The third kappa shape index (κ3) is 4.40. The minimum absolute atomic E-state index is 0.00152. The molecule has 8 nitrogen and oxygen atoms in total. The van der Waals surface area contributed by atoms with E-state index in [1.54, 1.807) is 13.1 Å². The topological polar surface area (TPSA) is 99.0 Å². The Hall–Kier alpha value is -3.15. The van der Waals surface area contributed by atoms with Crippen molar-refractivity contribution in [2.24, 2.45) is 7.05 Å². The number of aryl methyl sites for hydroxylation is 2. The van der Waals surface area contributed by atoms with Crippen molar-refractivity contribution < 1.29 is 26.3 Å². The van der Waals surface area contributed by atoms with Crippen molar-refractivity contribution in [2.75, 3.05) is 4.72 Å². The fourth-order valence-corrected chi connectivity index (χ4v) is 4.97. The summed E-state index contributed by atoms with van der Waals surface area (Å²) in [5.41, 5.74) is 0.868. The molecule has 1 N–H and O–H groups in total. The van der Waals surface area contributed by atoms with Crippen LogP contribution in [-0.4, -0.2) is 40.2 Å². The van der Waals surface area contributed by atoms with E-state index in [0.717, 1.165) is 18.5 Å². The molecule has 2 heterocycles. The minimum Gasteiger partial charge on any atom is -0.489 e. The SMILES string of the molecule is Cc1cc(S(=O)(=O)Nc2ccncn2)c(F)cc1OC1CC(F)(F)CC1c1ccnn1C. The molecular weight excluding hydrogens is 447 g/mol. The number of hydrogen-bond donors (Lipinski definition) is 1. The Morgan fingerprint density at radius 3 is 2.66 bits per heavy atom. The van der Waals surface area contributed by atoms with Gasteiger partial charge in [-0.1, -0.05) is 0 Å². The highest BCUT2D eigenvalue weighted by Crippen LogP contribution is 2.46. The normalized spacial score (nSPS) is 20.3. The van der Waals surface area contributed by atoms with Crippen LogP contribution in [0.1, 0.15) is 30.0 Å². The molecule has 1 saturated carbocycles. The predicted octanol–water partition coefficient (Wildman–Crippen LogP) is 3.42. The van der Waals surface area contributed by atoms with Crippen LogP contribution in [0.2, 0.25) is 0 Å². The van der Waals surface area contributed by atoms with E-state index in [2.05, 4.69) is 19.8 Å². The maximum absolute atomic E-state index is 14.8. The first-order valence-electron chi connectivity index (χ1n) is 9.67. The Labute approximate surface area is 182 Å². The molecule has 2 aromatic heterocycles. The fraction of sp³-hybridized carbons (Fsp3) is 0.350. The molecule has 3 aromatic rings. The van der Waals surface area contributed by atoms with Crippen LogP contribution in [0.5, 0.6) is 5.75 Å². The highest BCUT2D eigenvalue weighted by atomic mass is 32.2. The first-order valence-corrected chi connectivity index (χ1v) is 11.2. The molecule has 0 amide bonds. The monoisotopic (exact) mass is 467 g/mol. The van der Waals surface area contributed by atoms with Crippen LogP contribution >= 0.6 is 0 Å². The van der Waals surface area contributed by atoms with Crippen molar-refractivity contribution in [1.82, 2.24) is 19.7 Å². The summed E-state index contributed by atoms with van der Waals surface area (Å²) < 4.78 is 77.9. The number of alkyl halides is 2. The van der Waals surface area contributed by atoms with E-state index in [0.29, 0.717) is 5.69 Å². The number of rotatable bonds is 6. The summed E-state index contributed by atoms with van der Waals surface area (Å²) in [6.07, 6.45) is 2.09. The number of nitrogens with zero attached hydrogens (tertiary/aromatic N) is 4. The van der Waals surface area contributed by atoms with Crippen LogP contribution in [-0.2, 0) is 17.1 Å². The fourth-order valence-electron chi connectivity index (χ4n) is 3.82. The number of sulfonamides is 1. The van der Waals surface area contributed by atoms with Crippen LogP contribution in [0.4, 0.5) is 19.0 Å². The smallest absolute Gasteiger partial charge is 0.265 e. The lowest BCUT2D eigenvalue weighted by molar-refractivity contribution is -0.00143. The summed E-state index contributed by atoms with van der Waals surface area (Å²) in [4.78, 5) is 6.83. The van der Waals surface area contributed by atoms with E-state index in [-0.39, 0.29) is 17.1 Å². The average Bonchev–Trinajstić information content (AvgIpc) is 3.26. The van der Waals surface area contributed by atoms with Crippen molar-refractivity contribution in [3.8, 4) is 5.75 Å². The van der Waals surface area contributed by atoms with Crippen molar-refractivity contribution >= 4 is 15.8 Å². The van der Waals surface area contributed by atoms with Gasteiger partial charge in [0.2, 0.25) is 0 Å². The van der Waals surface area contributed by atoms with Crippen LogP contribution in [0.25, 0.3) is 0 Å². The Balaban J connectivity index is 1.61. The predicted molar refractivity (Wildman–Crippen MR) is 109 cm³/mol. The number of anilines is 1. The summed E-state index contributed by atoms with van der Waals surface area (Å²) in [5.74, 6) is -4.70. The van der Waals surface area contributed by atoms with Gasteiger partial charge in [-0.25, -0.2) is 31.6 Å². The van der Waals surface area contributed by atoms with Crippen LogP contribution in [0, 0.1) is 12.7 Å². The van der Waals surface area contributed by atoms with Gasteiger partial charge in [0.15, 0.2) is 0 Å². The number of aromatic nitrogens is 4. The second-order valence-corrected chi connectivity index (χ2v) is 9.31. The molecule has 1 aliphatic carbocycles. The highest BCUT2D eigenvalue weighted by Gasteiger charge is 2.49. The van der Waals surface area contributed by atoms with Crippen LogP contribution in [0.15, 0.2) is 47.9 Å². The number of ether oxygens (including phenoxy) is 1. The Morgan fingerprint density at radius 1 is 1.22 bits per heavy atom. The number of hydrogen-bond acceptors (Lipinski definition) is 6. The van der Waals surface area contributed by atoms with Gasteiger partial charge in [0.25, 0.3) is 15.9 Å². The van der Waals surface area contributed by atoms with Crippen molar-refractivity contribution in [2.45, 2.75) is 42.6 Å². The van der Waals surface area contributed by atoms with E-state index >= 15 is 0 Å². The summed E-state index contributed by atoms with van der Waals surface area (Å²) in [6, 6.07) is 4.96. The maximum Gasteiger partial charge on any atom is 0.265 e. The molecule has 0 aliphatic heterocycles. The zero-order chi connectivity index (χ0) is 23.1. The van der Waals surface area contributed by atoms with E-state index in [1.807, 2.05) is 0 Å². The van der Waals surface area contributed by atoms with Gasteiger partial charge < -0.3 is 4.74 Å². The summed E-state index contributed by atoms with van der Waals surface area (Å²) >= 11 is 0. The maximum atomic E-state index is 14.8. The number of halogens is 3. The molecular formula is C20H20F3N5O3S. The molecule has 170 valence electrons. The molecule has 0 spiro atoms. The Morgan fingerprint density at radius 2 is 2.00 bits per heavy atom. The van der Waals surface area contributed by atoms with Crippen molar-refractivity contribution in [3.05, 3.63) is 60.1 Å². The van der Waals surface area contributed by atoms with E-state index in [9.17, 15) is 21.6 Å². The molecule has 1 aliphatic rings. The highest BCUT2D eigenvalue weighted by molar-refractivity contribution is 7.92. The van der Waals surface area contributed by atoms with Gasteiger partial charge in [-0.05, 0) is 30.7 Å². The standard InChI is InChI=1S/C20H20F3N5O3S/c1-12-7-18(32(29,30)27-19-4-5-24-11-25-19)14(21)8-16(12)31-17-10-20(22,23)9-13(17)15-3-6-26-28(15)2/h3-8,11,13,17H,9-10H2,1-2H3,(H,24,25,27). The quantitative estimate of drug-likeness (QED) is 0.597. The number of nitrogens with one attached hydrogen (secondary N) is 1. The zero-order valence-electron chi connectivity index (χ0n) is 17.2. The molecule has 4 rings (SSSR count). The zero-order valence-corrected chi connectivity index (χ0v) is 18.0. The molecule has 12 heteroatoms. The van der Waals surface area contributed by atoms with E-state index in [4.69, 9.17) is 4.74 Å². The van der Waals surface area contributed by atoms with Gasteiger partial charge in [0.1, 0.15) is 34.7 Å². The third-order valence-electron chi connectivity index (χ3n) is 5.32. The van der Waals surface area contributed by atoms with E-state index < -0.39 is 51.5 Å². The second-order valence-electron chi connectivity index (χ2n) is 7.65. The lowest BCUT2D eigenvalue weighted by Gasteiger charge is -2.22. The molecule has 1 fully saturated rings. The first-order chi connectivity index (χ1) is 15.1. The van der Waals surface area contributed by atoms with Crippen LogP contribution in [0.3, 0.4) is 0 Å². The average molecular weight is 467 g/mol. The van der Waals surface area contributed by atoms with Gasteiger partial charge in [0.05, 0.1) is 0 Å². The second kappa shape index (κ2) is 8.08. The van der Waals surface area contributed by atoms with Crippen molar-refractivity contribution in [3.63, 3.8) is 0 Å². The molecule has 0 bridgehead atoms. The van der Waals surface area contributed by atoms with Crippen LogP contribution < -0.4 is 9.46 Å². The summed E-state index contributed by atoms with van der Waals surface area (Å²) in [7, 11) is -2.63. The molecule has 0 radical (unpaired) electrons. The van der Waals surface area contributed by atoms with Gasteiger partial charge in [-0.2, -0.15) is 5.10 Å². The lowest BCUT2D eigenvalue weighted by Crippen LogP contribution is -2.23. The third-order valence-corrected chi connectivity index (χ3v) is 6.69. The Kier molecular flexibility index (Phi) is 5.57. The minimum atomic E-state index is -4.28. The van der Waals surface area contributed by atoms with Gasteiger partial charge in [-0.3, -0.25) is 9.40 Å². The molecule has 0 saturated heterocycles. The van der Waals surface area contributed by atoms with Gasteiger partial charge in [-0.15, -0.1) is 0 Å². The summed E-state index contributed by atoms with van der Waals surface area (Å²) in [6.45, 7) is 1.52. The summed E-state index contributed by atoms with van der Waals surface area (Å²) in [5, 5.41) is 4.03. The van der Waals surface area contributed by atoms with Crippen molar-refractivity contribution in [1.29, 1.82) is 0 Å². The Bertz CT molecular complexity index is 1230. The molecule has 2 unspecified atom stereocenters. The lowest BCUT2D eigenvalue weighted by atomic mass is 10.0.